The summed E-state index contributed by atoms with van der Waals surface area (Å²) in [7, 11) is 0. The Balaban J connectivity index is 1.68. The maximum Gasteiger partial charge on any atom is 0.257 e. The summed E-state index contributed by atoms with van der Waals surface area (Å²) in [6.07, 6.45) is 3.35. The van der Waals surface area contributed by atoms with Crippen LogP contribution in [0.25, 0.3) is 0 Å². The Morgan fingerprint density at radius 3 is 3.00 bits per heavy atom. The van der Waals surface area contributed by atoms with E-state index in [2.05, 4.69) is 21.2 Å². The monoisotopic (exact) mass is 355 g/mol. The second-order valence-electron chi connectivity index (χ2n) is 5.45. The maximum atomic E-state index is 12.5. The predicted molar refractivity (Wildman–Crippen MR) is 79.9 cm³/mol. The van der Waals surface area contributed by atoms with Crippen molar-refractivity contribution in [1.29, 1.82) is 0 Å². The summed E-state index contributed by atoms with van der Waals surface area (Å²) >= 11 is 3.21. The Kier molecular flexibility index (Phi) is 4.30. The van der Waals surface area contributed by atoms with Crippen LogP contribution in [0.2, 0.25) is 0 Å². The molecule has 0 radical (unpaired) electrons. The molecule has 2 aliphatic heterocycles. The minimum Gasteiger partial charge on any atom is -0.457 e. The van der Waals surface area contributed by atoms with Gasteiger partial charge >= 0.3 is 0 Å². The zero-order valence-electron chi connectivity index (χ0n) is 11.7. The number of furan rings is 1. The minimum atomic E-state index is -0.0308. The van der Waals surface area contributed by atoms with E-state index in [0.717, 1.165) is 32.5 Å². The number of amides is 2. The smallest absolute Gasteiger partial charge is 0.257 e. The molecule has 2 amide bonds. The number of nitrogens with zero attached hydrogens (tertiary/aromatic N) is 2. The number of likely N-dealkylation sites (tertiary alicyclic amines) is 1. The molecule has 1 atom stereocenters. The molecular weight excluding hydrogens is 338 g/mol. The molecule has 2 fully saturated rings. The van der Waals surface area contributed by atoms with E-state index in [4.69, 9.17) is 4.42 Å². The fourth-order valence-electron chi connectivity index (χ4n) is 3.01. The Morgan fingerprint density at radius 2 is 2.29 bits per heavy atom. The van der Waals surface area contributed by atoms with Gasteiger partial charge in [-0.05, 0) is 28.8 Å². The number of rotatable bonds is 2. The number of piperazine rings is 1. The second kappa shape index (κ2) is 6.19. The topological polar surface area (TPSA) is 65.8 Å². The van der Waals surface area contributed by atoms with E-state index in [9.17, 15) is 9.59 Å². The third-order valence-electron chi connectivity index (χ3n) is 4.06. The van der Waals surface area contributed by atoms with Crippen LogP contribution in [0.4, 0.5) is 0 Å². The molecule has 0 spiro atoms. The van der Waals surface area contributed by atoms with E-state index in [0.29, 0.717) is 23.3 Å². The van der Waals surface area contributed by atoms with Crippen molar-refractivity contribution < 1.29 is 14.0 Å². The number of nitrogens with one attached hydrogen (secondary N) is 1. The van der Waals surface area contributed by atoms with Crippen LogP contribution < -0.4 is 5.32 Å². The molecule has 0 bridgehead atoms. The van der Waals surface area contributed by atoms with Gasteiger partial charge in [-0.2, -0.15) is 0 Å². The average molecular weight is 356 g/mol. The Hall–Kier alpha value is -1.34. The predicted octanol–water partition coefficient (Wildman–Crippen LogP) is 1.08. The highest BCUT2D eigenvalue weighted by molar-refractivity contribution is 9.10. The van der Waals surface area contributed by atoms with E-state index < -0.39 is 0 Å². The fraction of sp³-hybridized carbons (Fsp3) is 0.571. The van der Waals surface area contributed by atoms with Gasteiger partial charge in [0.1, 0.15) is 6.26 Å². The highest BCUT2D eigenvalue weighted by atomic mass is 79.9. The standard InChI is InChI=1S/C14H18BrN3O3/c15-12-6-10(9-21-12)14(20)17-4-1-2-11(8-17)18-5-3-16-7-13(18)19/h6,9,11,16H,1-5,7-8H2. The molecule has 0 aromatic carbocycles. The Morgan fingerprint density at radius 1 is 1.43 bits per heavy atom. The van der Waals surface area contributed by atoms with Crippen molar-refractivity contribution in [2.24, 2.45) is 0 Å². The van der Waals surface area contributed by atoms with Gasteiger partial charge in [-0.15, -0.1) is 0 Å². The van der Waals surface area contributed by atoms with E-state index in [-0.39, 0.29) is 17.9 Å². The number of hydrogen-bond acceptors (Lipinski definition) is 4. The molecule has 1 N–H and O–H groups in total. The fourth-order valence-corrected chi connectivity index (χ4v) is 3.35. The van der Waals surface area contributed by atoms with E-state index in [1.54, 1.807) is 6.07 Å². The van der Waals surface area contributed by atoms with Crippen molar-refractivity contribution >= 4 is 27.7 Å². The largest absolute Gasteiger partial charge is 0.457 e. The molecule has 0 saturated carbocycles. The lowest BCUT2D eigenvalue weighted by Crippen LogP contribution is -2.57. The Labute approximate surface area is 131 Å². The zero-order chi connectivity index (χ0) is 14.8. The van der Waals surface area contributed by atoms with Gasteiger partial charge in [0, 0.05) is 38.3 Å². The lowest BCUT2D eigenvalue weighted by molar-refractivity contribution is -0.135. The SMILES string of the molecule is O=C(c1coc(Br)c1)N1CCCC(N2CCNCC2=O)C1. The molecule has 21 heavy (non-hydrogen) atoms. The van der Waals surface area contributed by atoms with Crippen molar-refractivity contribution in [1.82, 2.24) is 15.1 Å². The van der Waals surface area contributed by atoms with Crippen LogP contribution in [0.5, 0.6) is 0 Å². The highest BCUT2D eigenvalue weighted by Crippen LogP contribution is 2.21. The minimum absolute atomic E-state index is 0.0308. The summed E-state index contributed by atoms with van der Waals surface area (Å²) in [5.41, 5.74) is 0.550. The van der Waals surface area contributed by atoms with E-state index in [1.807, 2.05) is 9.80 Å². The second-order valence-corrected chi connectivity index (χ2v) is 6.23. The quantitative estimate of drug-likeness (QED) is 0.861. The number of hydrogen-bond donors (Lipinski definition) is 1. The average Bonchev–Trinajstić information content (AvgIpc) is 2.94. The molecule has 1 aromatic heterocycles. The van der Waals surface area contributed by atoms with Gasteiger partial charge in [0.05, 0.1) is 12.1 Å². The van der Waals surface area contributed by atoms with Gasteiger partial charge in [0.2, 0.25) is 5.91 Å². The Bertz CT molecular complexity index is 545. The molecule has 0 aliphatic carbocycles. The van der Waals surface area contributed by atoms with Crippen molar-refractivity contribution in [2.45, 2.75) is 18.9 Å². The summed E-state index contributed by atoms with van der Waals surface area (Å²) in [6.45, 7) is 3.29. The van der Waals surface area contributed by atoms with Crippen LogP contribution in [-0.4, -0.2) is 60.4 Å². The van der Waals surface area contributed by atoms with Gasteiger partial charge in [0.25, 0.3) is 5.91 Å². The number of carbonyl (C=O) groups is 2. The van der Waals surface area contributed by atoms with Crippen LogP contribution in [0, 0.1) is 0 Å². The first kappa shape index (κ1) is 14.6. The van der Waals surface area contributed by atoms with Gasteiger partial charge in [0.15, 0.2) is 4.67 Å². The zero-order valence-corrected chi connectivity index (χ0v) is 13.3. The van der Waals surface area contributed by atoms with Crippen LogP contribution in [0.3, 0.4) is 0 Å². The van der Waals surface area contributed by atoms with Crippen molar-refractivity contribution in [3.05, 3.63) is 22.6 Å². The lowest BCUT2D eigenvalue weighted by Gasteiger charge is -2.41. The first-order valence-electron chi connectivity index (χ1n) is 7.18. The van der Waals surface area contributed by atoms with Gasteiger partial charge in [-0.1, -0.05) is 0 Å². The molecule has 3 heterocycles. The van der Waals surface area contributed by atoms with E-state index in [1.165, 1.54) is 6.26 Å². The molecule has 2 saturated heterocycles. The first-order valence-corrected chi connectivity index (χ1v) is 7.98. The van der Waals surface area contributed by atoms with Crippen molar-refractivity contribution in [2.75, 3.05) is 32.7 Å². The van der Waals surface area contributed by atoms with Gasteiger partial charge in [-0.25, -0.2) is 0 Å². The van der Waals surface area contributed by atoms with Gasteiger partial charge in [-0.3, -0.25) is 9.59 Å². The summed E-state index contributed by atoms with van der Waals surface area (Å²) in [4.78, 5) is 28.2. The summed E-state index contributed by atoms with van der Waals surface area (Å²) in [5, 5.41) is 3.08. The van der Waals surface area contributed by atoms with Gasteiger partial charge < -0.3 is 19.5 Å². The molecule has 1 aromatic rings. The third kappa shape index (κ3) is 3.13. The molecule has 2 aliphatic rings. The third-order valence-corrected chi connectivity index (χ3v) is 4.48. The number of carbonyl (C=O) groups excluding carboxylic acids is 2. The van der Waals surface area contributed by atoms with Crippen LogP contribution in [0.15, 0.2) is 21.4 Å². The highest BCUT2D eigenvalue weighted by Gasteiger charge is 2.32. The molecule has 6 nitrogen and oxygen atoms in total. The lowest BCUT2D eigenvalue weighted by atomic mass is 10.0. The molecule has 1 unspecified atom stereocenters. The van der Waals surface area contributed by atoms with Crippen LogP contribution in [-0.2, 0) is 4.79 Å². The normalized spacial score (nSPS) is 23.5. The summed E-state index contributed by atoms with van der Waals surface area (Å²) in [5.74, 6) is 0.100. The van der Waals surface area contributed by atoms with Crippen LogP contribution in [0.1, 0.15) is 23.2 Å². The van der Waals surface area contributed by atoms with Crippen LogP contribution >= 0.6 is 15.9 Å². The molecule has 7 heteroatoms. The molecule has 114 valence electrons. The summed E-state index contributed by atoms with van der Waals surface area (Å²) in [6, 6.07) is 1.81. The maximum absolute atomic E-state index is 12.5. The van der Waals surface area contributed by atoms with Crippen molar-refractivity contribution in [3.8, 4) is 0 Å². The number of halogens is 1. The number of piperidine rings is 1. The van der Waals surface area contributed by atoms with E-state index >= 15 is 0 Å². The van der Waals surface area contributed by atoms with Crippen molar-refractivity contribution in [3.63, 3.8) is 0 Å². The molecule has 3 rings (SSSR count). The first-order chi connectivity index (χ1) is 10.1. The molecular formula is C14H18BrN3O3. The summed E-state index contributed by atoms with van der Waals surface area (Å²) < 4.78 is 5.69.